The Hall–Kier alpha value is -1.66. The van der Waals surface area contributed by atoms with Gasteiger partial charge in [-0.25, -0.2) is 9.48 Å². The summed E-state index contributed by atoms with van der Waals surface area (Å²) < 4.78 is 2.33. The maximum absolute atomic E-state index is 10.8. The lowest BCUT2D eigenvalue weighted by atomic mass is 10.3. The van der Waals surface area contributed by atoms with E-state index < -0.39 is 5.97 Å². The van der Waals surface area contributed by atoms with E-state index in [2.05, 4.69) is 21.0 Å². The lowest BCUT2D eigenvalue weighted by molar-refractivity contribution is 0.0690. The predicted molar refractivity (Wildman–Crippen MR) is 64.1 cm³/mol. The maximum Gasteiger partial charge on any atom is 0.356 e. The van der Waals surface area contributed by atoms with Gasteiger partial charge in [-0.1, -0.05) is 15.9 Å². The normalized spacial score (nSPS) is 10.5. The molecule has 5 nitrogen and oxygen atoms in total. The Morgan fingerprint density at radius 2 is 2.00 bits per heavy atom. The van der Waals surface area contributed by atoms with Crippen LogP contribution < -0.4 is 0 Å². The molecule has 1 heterocycles. The van der Waals surface area contributed by atoms with Crippen molar-refractivity contribution in [1.82, 2.24) is 9.78 Å². The molecule has 0 aliphatic carbocycles. The molecule has 0 fully saturated rings. The van der Waals surface area contributed by atoms with Gasteiger partial charge in [0.2, 0.25) is 0 Å². The number of carbonyl (C=O) groups is 1. The molecule has 88 valence electrons. The highest BCUT2D eigenvalue weighted by atomic mass is 79.9. The van der Waals surface area contributed by atoms with Crippen molar-refractivity contribution in [2.24, 2.45) is 0 Å². The fourth-order valence-corrected chi connectivity index (χ4v) is 1.71. The van der Waals surface area contributed by atoms with E-state index in [0.717, 1.165) is 4.47 Å². The molecule has 0 amide bonds. The Balaban J connectivity index is 2.50. The van der Waals surface area contributed by atoms with E-state index >= 15 is 0 Å². The van der Waals surface area contributed by atoms with Gasteiger partial charge in [-0.05, 0) is 30.3 Å². The minimum atomic E-state index is -1.12. The van der Waals surface area contributed by atoms with Gasteiger partial charge in [0.1, 0.15) is 0 Å². The number of aliphatic hydroxyl groups is 1. The van der Waals surface area contributed by atoms with Gasteiger partial charge in [0.05, 0.1) is 18.0 Å². The molecule has 0 spiro atoms. The van der Waals surface area contributed by atoms with Crippen LogP contribution in [0.15, 0.2) is 34.8 Å². The molecule has 0 aliphatic heterocycles. The molecule has 6 heteroatoms. The van der Waals surface area contributed by atoms with Crippen LogP contribution in [0, 0.1) is 0 Å². The first-order valence-corrected chi connectivity index (χ1v) is 5.60. The molecule has 1 aromatic carbocycles. The summed E-state index contributed by atoms with van der Waals surface area (Å²) >= 11 is 3.31. The summed E-state index contributed by atoms with van der Waals surface area (Å²) in [4.78, 5) is 10.8. The summed E-state index contributed by atoms with van der Waals surface area (Å²) in [6.45, 7) is -0.268. The van der Waals surface area contributed by atoms with Crippen LogP contribution in [0.5, 0.6) is 0 Å². The summed E-state index contributed by atoms with van der Waals surface area (Å²) in [5, 5.41) is 21.9. The zero-order valence-corrected chi connectivity index (χ0v) is 10.3. The Bertz CT molecular complexity index is 548. The average molecular weight is 297 g/mol. The van der Waals surface area contributed by atoms with Crippen LogP contribution in [0.4, 0.5) is 0 Å². The highest BCUT2D eigenvalue weighted by molar-refractivity contribution is 9.10. The number of nitrogens with zero attached hydrogens (tertiary/aromatic N) is 2. The molecular formula is C11H9BrN2O3. The molecule has 0 aliphatic rings. The second-order valence-corrected chi connectivity index (χ2v) is 4.29. The number of hydrogen-bond acceptors (Lipinski definition) is 3. The van der Waals surface area contributed by atoms with E-state index in [1.54, 1.807) is 12.1 Å². The van der Waals surface area contributed by atoms with Crippen molar-refractivity contribution < 1.29 is 15.0 Å². The zero-order chi connectivity index (χ0) is 12.4. The van der Waals surface area contributed by atoms with Crippen LogP contribution in [0.2, 0.25) is 0 Å². The summed E-state index contributed by atoms with van der Waals surface area (Å²) in [5.41, 5.74) is 1.05. The molecular weight excluding hydrogens is 288 g/mol. The van der Waals surface area contributed by atoms with Crippen LogP contribution >= 0.6 is 15.9 Å². The fourth-order valence-electron chi connectivity index (χ4n) is 1.44. The number of aliphatic hydroxyl groups excluding tert-OH is 1. The number of halogens is 1. The van der Waals surface area contributed by atoms with Gasteiger partial charge in [-0.3, -0.25) is 0 Å². The van der Waals surface area contributed by atoms with Crippen molar-refractivity contribution in [1.29, 1.82) is 0 Å². The van der Waals surface area contributed by atoms with Crippen molar-refractivity contribution >= 4 is 21.9 Å². The van der Waals surface area contributed by atoms with Crippen LogP contribution in [0.1, 0.15) is 16.2 Å². The van der Waals surface area contributed by atoms with E-state index in [-0.39, 0.29) is 12.3 Å². The van der Waals surface area contributed by atoms with Crippen LogP contribution in [-0.4, -0.2) is 26.0 Å². The zero-order valence-electron chi connectivity index (χ0n) is 8.67. The minimum Gasteiger partial charge on any atom is -0.476 e. The Kier molecular flexibility index (Phi) is 3.26. The summed E-state index contributed by atoms with van der Waals surface area (Å²) in [7, 11) is 0. The van der Waals surface area contributed by atoms with Crippen molar-refractivity contribution in [2.45, 2.75) is 6.61 Å². The van der Waals surface area contributed by atoms with Crippen molar-refractivity contribution in [3.05, 3.63) is 46.2 Å². The number of hydrogen-bond donors (Lipinski definition) is 2. The van der Waals surface area contributed by atoms with Gasteiger partial charge in [-0.2, -0.15) is 5.10 Å². The van der Waals surface area contributed by atoms with Crippen LogP contribution in [-0.2, 0) is 6.61 Å². The second-order valence-electron chi connectivity index (χ2n) is 3.37. The van der Waals surface area contributed by atoms with E-state index in [0.29, 0.717) is 11.4 Å². The van der Waals surface area contributed by atoms with E-state index in [1.807, 2.05) is 12.1 Å². The van der Waals surface area contributed by atoms with Crippen molar-refractivity contribution in [2.75, 3.05) is 0 Å². The molecule has 2 N–H and O–H groups in total. The largest absolute Gasteiger partial charge is 0.476 e. The molecule has 0 radical (unpaired) electrons. The van der Waals surface area contributed by atoms with E-state index in [4.69, 9.17) is 10.2 Å². The molecule has 17 heavy (non-hydrogen) atoms. The number of benzene rings is 1. The number of aromatic nitrogens is 2. The topological polar surface area (TPSA) is 75.3 Å². The Morgan fingerprint density at radius 1 is 1.35 bits per heavy atom. The fraction of sp³-hybridized carbons (Fsp3) is 0.0909. The number of aromatic carboxylic acids is 1. The first-order valence-electron chi connectivity index (χ1n) is 4.81. The summed E-state index contributed by atoms with van der Waals surface area (Å²) in [6.07, 6.45) is 0. The lowest BCUT2D eigenvalue weighted by Crippen LogP contribution is -2.03. The van der Waals surface area contributed by atoms with Gasteiger partial charge < -0.3 is 10.2 Å². The quantitative estimate of drug-likeness (QED) is 0.906. The second kappa shape index (κ2) is 4.68. The average Bonchev–Trinajstić information content (AvgIpc) is 2.74. The Labute approximate surface area is 105 Å². The van der Waals surface area contributed by atoms with Gasteiger partial charge in [0.25, 0.3) is 0 Å². The number of carboxylic acids is 1. The third-order valence-corrected chi connectivity index (χ3v) is 2.76. The van der Waals surface area contributed by atoms with Crippen LogP contribution in [0.25, 0.3) is 5.69 Å². The van der Waals surface area contributed by atoms with Crippen molar-refractivity contribution in [3.8, 4) is 5.69 Å². The third-order valence-electron chi connectivity index (χ3n) is 2.24. The Morgan fingerprint density at radius 3 is 2.53 bits per heavy atom. The molecule has 0 saturated heterocycles. The van der Waals surface area contributed by atoms with E-state index in [9.17, 15) is 4.79 Å². The molecule has 2 rings (SSSR count). The number of rotatable bonds is 3. The molecule has 0 atom stereocenters. The number of carboxylic acid groups (broad SMARTS) is 1. The summed E-state index contributed by atoms with van der Waals surface area (Å²) in [6, 6.07) is 8.55. The molecule has 0 saturated carbocycles. The smallest absolute Gasteiger partial charge is 0.356 e. The monoisotopic (exact) mass is 296 g/mol. The predicted octanol–water partition coefficient (Wildman–Crippen LogP) is 1.83. The van der Waals surface area contributed by atoms with Gasteiger partial charge in [0, 0.05) is 4.47 Å². The van der Waals surface area contributed by atoms with Gasteiger partial charge >= 0.3 is 5.97 Å². The molecule has 1 aromatic heterocycles. The molecule has 2 aromatic rings. The van der Waals surface area contributed by atoms with Crippen molar-refractivity contribution in [3.63, 3.8) is 0 Å². The molecule has 0 bridgehead atoms. The van der Waals surface area contributed by atoms with Gasteiger partial charge in [-0.15, -0.1) is 0 Å². The highest BCUT2D eigenvalue weighted by Crippen LogP contribution is 2.16. The lowest BCUT2D eigenvalue weighted by Gasteiger charge is -2.04. The maximum atomic E-state index is 10.8. The SMILES string of the molecule is O=C(O)c1cc(CO)n(-c2ccc(Br)cc2)n1. The van der Waals surface area contributed by atoms with Gasteiger partial charge in [0.15, 0.2) is 5.69 Å². The van der Waals surface area contributed by atoms with E-state index in [1.165, 1.54) is 10.7 Å². The third kappa shape index (κ3) is 2.37. The summed E-state index contributed by atoms with van der Waals surface area (Å²) in [5.74, 6) is -1.12. The molecule has 0 unspecified atom stereocenters. The minimum absolute atomic E-state index is 0.0861. The van der Waals surface area contributed by atoms with Crippen LogP contribution in [0.3, 0.4) is 0 Å². The first-order chi connectivity index (χ1) is 8.11. The highest BCUT2D eigenvalue weighted by Gasteiger charge is 2.13. The standard InChI is InChI=1S/C11H9BrN2O3/c12-7-1-3-8(4-2-7)14-9(6-15)5-10(13-14)11(16)17/h1-5,15H,6H2,(H,16,17). The first kappa shape index (κ1) is 11.8.